The van der Waals surface area contributed by atoms with E-state index < -0.39 is 30.5 Å². The maximum Gasteiger partial charge on any atom is 0.247 e. The SMILES string of the molecule is CC1=C(CC(=O)N[C@@H](C)C2CCC(F)CC2F)C(=O)NC2CCC(F)C(C3CC3)C12. The minimum Gasteiger partial charge on any atom is -0.353 e. The number of carbonyl (C=O) groups is 2. The Morgan fingerprint density at radius 2 is 1.83 bits per heavy atom. The lowest BCUT2D eigenvalue weighted by atomic mass is 9.66. The van der Waals surface area contributed by atoms with Gasteiger partial charge in [0.1, 0.15) is 18.5 Å². The van der Waals surface area contributed by atoms with Gasteiger partial charge in [-0.15, -0.1) is 0 Å². The van der Waals surface area contributed by atoms with Gasteiger partial charge >= 0.3 is 0 Å². The van der Waals surface area contributed by atoms with Crippen LogP contribution in [-0.4, -0.2) is 42.4 Å². The summed E-state index contributed by atoms with van der Waals surface area (Å²) in [5.74, 6) is -0.746. The van der Waals surface area contributed by atoms with Crippen molar-refractivity contribution in [3.05, 3.63) is 11.1 Å². The molecule has 8 atom stereocenters. The second kappa shape index (κ2) is 8.54. The first kappa shape index (κ1) is 21.7. The zero-order valence-corrected chi connectivity index (χ0v) is 17.8. The van der Waals surface area contributed by atoms with Crippen LogP contribution in [0.25, 0.3) is 0 Å². The summed E-state index contributed by atoms with van der Waals surface area (Å²) in [4.78, 5) is 25.4. The van der Waals surface area contributed by atoms with Gasteiger partial charge in [0.15, 0.2) is 0 Å². The molecule has 4 rings (SSSR count). The number of nitrogens with one attached hydrogen (secondary N) is 2. The Balaban J connectivity index is 1.44. The molecule has 0 aromatic rings. The number of hydrogen-bond acceptors (Lipinski definition) is 2. The Labute approximate surface area is 176 Å². The maximum atomic E-state index is 14.7. The fourth-order valence-electron chi connectivity index (χ4n) is 6.11. The topological polar surface area (TPSA) is 58.2 Å². The second-order valence-corrected chi connectivity index (χ2v) is 9.90. The maximum absolute atomic E-state index is 14.7. The van der Waals surface area contributed by atoms with E-state index in [1.165, 1.54) is 0 Å². The third-order valence-electron chi connectivity index (χ3n) is 7.88. The van der Waals surface area contributed by atoms with Crippen molar-refractivity contribution in [2.24, 2.45) is 23.7 Å². The molecule has 4 aliphatic rings. The average molecular weight is 427 g/mol. The van der Waals surface area contributed by atoms with Crippen LogP contribution in [0.4, 0.5) is 13.2 Å². The Morgan fingerprint density at radius 3 is 2.50 bits per heavy atom. The first-order chi connectivity index (χ1) is 14.3. The molecule has 7 unspecified atom stereocenters. The predicted octanol–water partition coefficient (Wildman–Crippen LogP) is 3.95. The molecule has 1 aliphatic heterocycles. The number of amides is 2. The van der Waals surface area contributed by atoms with Crippen LogP contribution in [0, 0.1) is 23.7 Å². The first-order valence-electron chi connectivity index (χ1n) is 11.5. The molecule has 3 fully saturated rings. The summed E-state index contributed by atoms with van der Waals surface area (Å²) in [6.07, 6.45) is 0.451. The summed E-state index contributed by atoms with van der Waals surface area (Å²) < 4.78 is 42.3. The van der Waals surface area contributed by atoms with Gasteiger partial charge in [-0.2, -0.15) is 0 Å². The first-order valence-corrected chi connectivity index (χ1v) is 11.5. The monoisotopic (exact) mass is 426 g/mol. The molecule has 0 aromatic carbocycles. The molecule has 7 heteroatoms. The summed E-state index contributed by atoms with van der Waals surface area (Å²) in [5, 5.41) is 5.84. The quantitative estimate of drug-likeness (QED) is 0.700. The van der Waals surface area contributed by atoms with Crippen LogP contribution in [0.15, 0.2) is 11.1 Å². The van der Waals surface area contributed by atoms with Crippen LogP contribution in [0.2, 0.25) is 0 Å². The van der Waals surface area contributed by atoms with Crippen LogP contribution in [0.1, 0.15) is 65.2 Å². The normalized spacial score (nSPS) is 40.4. The van der Waals surface area contributed by atoms with Gasteiger partial charge < -0.3 is 10.6 Å². The van der Waals surface area contributed by atoms with Gasteiger partial charge in [0.05, 0.1) is 6.42 Å². The molecule has 3 saturated carbocycles. The highest BCUT2D eigenvalue weighted by Crippen LogP contribution is 2.51. The third-order valence-corrected chi connectivity index (χ3v) is 7.88. The highest BCUT2D eigenvalue weighted by Gasteiger charge is 2.50. The Bertz CT molecular complexity index is 723. The van der Waals surface area contributed by atoms with E-state index in [1.54, 1.807) is 6.92 Å². The molecule has 30 heavy (non-hydrogen) atoms. The Hall–Kier alpha value is -1.53. The van der Waals surface area contributed by atoms with Crippen molar-refractivity contribution in [3.8, 4) is 0 Å². The summed E-state index contributed by atoms with van der Waals surface area (Å²) >= 11 is 0. The lowest BCUT2D eigenvalue weighted by Crippen LogP contribution is -2.54. The van der Waals surface area contributed by atoms with Crippen molar-refractivity contribution in [3.63, 3.8) is 0 Å². The van der Waals surface area contributed by atoms with Gasteiger partial charge in [-0.05, 0) is 58.3 Å². The zero-order valence-electron chi connectivity index (χ0n) is 17.8. The highest BCUT2D eigenvalue weighted by atomic mass is 19.1. The van der Waals surface area contributed by atoms with Crippen LogP contribution < -0.4 is 10.6 Å². The van der Waals surface area contributed by atoms with Crippen LogP contribution >= 0.6 is 0 Å². The molecule has 4 nitrogen and oxygen atoms in total. The number of alkyl halides is 3. The summed E-state index contributed by atoms with van der Waals surface area (Å²) in [5.41, 5.74) is 1.26. The van der Waals surface area contributed by atoms with Gasteiger partial charge in [0.2, 0.25) is 11.8 Å². The van der Waals surface area contributed by atoms with E-state index in [0.29, 0.717) is 37.2 Å². The molecule has 1 heterocycles. The van der Waals surface area contributed by atoms with Crippen LogP contribution in [-0.2, 0) is 9.59 Å². The fraction of sp³-hybridized carbons (Fsp3) is 0.826. The summed E-state index contributed by atoms with van der Waals surface area (Å²) in [6.45, 7) is 3.61. The van der Waals surface area contributed by atoms with Crippen molar-refractivity contribution in [1.29, 1.82) is 0 Å². The van der Waals surface area contributed by atoms with Crippen molar-refractivity contribution in [2.75, 3.05) is 0 Å². The molecule has 0 spiro atoms. The molecule has 2 amide bonds. The fourth-order valence-corrected chi connectivity index (χ4v) is 6.11. The highest BCUT2D eigenvalue weighted by molar-refractivity contribution is 6.00. The molecule has 3 aliphatic carbocycles. The van der Waals surface area contributed by atoms with E-state index in [9.17, 15) is 22.8 Å². The molecule has 0 saturated heterocycles. The number of rotatable bonds is 5. The minimum atomic E-state index is -1.27. The third kappa shape index (κ3) is 4.26. The molecule has 2 N–H and O–H groups in total. The molecule has 0 bridgehead atoms. The number of hydrogen-bond donors (Lipinski definition) is 2. The van der Waals surface area contributed by atoms with E-state index in [1.807, 2.05) is 6.92 Å². The minimum absolute atomic E-state index is 0.0470. The summed E-state index contributed by atoms with van der Waals surface area (Å²) in [6, 6.07) is -0.478. The van der Waals surface area contributed by atoms with Crippen LogP contribution in [0.5, 0.6) is 0 Å². The Kier molecular flexibility index (Phi) is 6.18. The van der Waals surface area contributed by atoms with Crippen molar-refractivity contribution in [2.45, 2.75) is 95.8 Å². The van der Waals surface area contributed by atoms with Gasteiger partial charge in [-0.25, -0.2) is 13.2 Å². The van der Waals surface area contributed by atoms with Crippen LogP contribution in [0.3, 0.4) is 0 Å². The summed E-state index contributed by atoms with van der Waals surface area (Å²) in [7, 11) is 0. The second-order valence-electron chi connectivity index (χ2n) is 9.90. The molecular weight excluding hydrogens is 393 g/mol. The van der Waals surface area contributed by atoms with Gasteiger partial charge in [0, 0.05) is 41.8 Å². The molecular formula is C23H33F3N2O2. The molecule has 0 aromatic heterocycles. The smallest absolute Gasteiger partial charge is 0.247 e. The predicted molar refractivity (Wildman–Crippen MR) is 108 cm³/mol. The number of fused-ring (bicyclic) bond motifs is 1. The van der Waals surface area contributed by atoms with Crippen molar-refractivity contribution in [1.82, 2.24) is 10.6 Å². The van der Waals surface area contributed by atoms with E-state index in [2.05, 4.69) is 10.6 Å². The molecule has 168 valence electrons. The Morgan fingerprint density at radius 1 is 1.10 bits per heavy atom. The molecule has 0 radical (unpaired) electrons. The van der Waals surface area contributed by atoms with Crippen molar-refractivity contribution < 1.29 is 22.8 Å². The number of carbonyl (C=O) groups excluding carboxylic acids is 2. The van der Waals surface area contributed by atoms with Gasteiger partial charge in [-0.1, -0.05) is 5.57 Å². The van der Waals surface area contributed by atoms with E-state index >= 15 is 0 Å². The lowest BCUT2D eigenvalue weighted by molar-refractivity contribution is -0.125. The lowest BCUT2D eigenvalue weighted by Gasteiger charge is -2.45. The zero-order chi connectivity index (χ0) is 21.6. The average Bonchev–Trinajstić information content (AvgIpc) is 3.50. The van der Waals surface area contributed by atoms with E-state index in [0.717, 1.165) is 18.4 Å². The largest absolute Gasteiger partial charge is 0.353 e. The van der Waals surface area contributed by atoms with E-state index in [4.69, 9.17) is 0 Å². The van der Waals surface area contributed by atoms with Crippen molar-refractivity contribution >= 4 is 11.8 Å². The van der Waals surface area contributed by atoms with E-state index in [-0.39, 0.29) is 42.5 Å². The van der Waals surface area contributed by atoms with Gasteiger partial charge in [0.25, 0.3) is 0 Å². The van der Waals surface area contributed by atoms with Gasteiger partial charge in [-0.3, -0.25) is 9.59 Å². The standard InChI is InChI=1S/C23H33F3N2O2/c1-11-16(10-20(29)27-12(2)15-6-5-14(24)9-18(15)26)23(30)28-19-8-7-17(25)22(21(11)19)13-3-4-13/h12-15,17-19,21-22H,3-10H2,1-2H3,(H,27,29)(H,28,30)/t12-,14?,15?,17?,18?,19?,21?,22?/m0/s1. The number of halogens is 3.